The van der Waals surface area contributed by atoms with Crippen molar-refractivity contribution in [3.05, 3.63) is 64.7 Å². The molecule has 1 nitrogen and oxygen atoms in total. The van der Waals surface area contributed by atoms with Crippen LogP contribution in [0.15, 0.2) is 42.5 Å². The summed E-state index contributed by atoms with van der Waals surface area (Å²) in [4.78, 5) is 0. The van der Waals surface area contributed by atoms with E-state index in [0.29, 0.717) is 12.2 Å². The van der Waals surface area contributed by atoms with Crippen LogP contribution in [0, 0.1) is 6.92 Å². The van der Waals surface area contributed by atoms with Gasteiger partial charge in [0.05, 0.1) is 5.56 Å². The number of benzene rings is 2. The fourth-order valence-corrected chi connectivity index (χ4v) is 2.31. The Morgan fingerprint density at radius 1 is 1.00 bits per heavy atom. The van der Waals surface area contributed by atoms with E-state index in [-0.39, 0.29) is 5.56 Å². The predicted molar refractivity (Wildman–Crippen MR) is 79.3 cm³/mol. The van der Waals surface area contributed by atoms with Crippen molar-refractivity contribution in [2.45, 2.75) is 33.0 Å². The molecule has 0 aliphatic rings. The van der Waals surface area contributed by atoms with Gasteiger partial charge in [0.15, 0.2) is 0 Å². The van der Waals surface area contributed by atoms with Gasteiger partial charge in [-0.1, -0.05) is 37.3 Å². The molecule has 0 saturated heterocycles. The van der Waals surface area contributed by atoms with E-state index in [0.717, 1.165) is 12.0 Å². The summed E-state index contributed by atoms with van der Waals surface area (Å²) in [6, 6.07) is 12.3. The third-order valence-electron chi connectivity index (χ3n) is 3.53. The van der Waals surface area contributed by atoms with Crippen LogP contribution >= 0.6 is 0 Å². The first-order valence-corrected chi connectivity index (χ1v) is 6.90. The normalized spacial score (nSPS) is 11.5. The Kier molecular flexibility index (Phi) is 4.56. The number of alkyl halides is 3. The lowest BCUT2D eigenvalue weighted by Gasteiger charge is -2.14. The van der Waals surface area contributed by atoms with E-state index >= 15 is 0 Å². The van der Waals surface area contributed by atoms with E-state index < -0.39 is 11.7 Å². The zero-order valence-electron chi connectivity index (χ0n) is 12.1. The summed E-state index contributed by atoms with van der Waals surface area (Å²) in [6.45, 7) is 4.05. The molecule has 0 spiro atoms. The standard InChI is InChI=1S/C17H18F3N/c1-3-13-6-4-5-7-14(13)11-21-15-9-8-12(2)16(10-15)17(18,19)20/h4-10,21H,3,11H2,1-2H3. The van der Waals surface area contributed by atoms with E-state index in [9.17, 15) is 13.2 Å². The van der Waals surface area contributed by atoms with Gasteiger partial charge in [-0.2, -0.15) is 13.2 Å². The molecule has 0 unspecified atom stereocenters. The van der Waals surface area contributed by atoms with Gasteiger partial charge in [-0.25, -0.2) is 0 Å². The molecule has 0 radical (unpaired) electrons. The lowest BCUT2D eigenvalue weighted by Crippen LogP contribution is -2.09. The Morgan fingerprint density at radius 2 is 1.67 bits per heavy atom. The summed E-state index contributed by atoms with van der Waals surface area (Å²) in [5, 5.41) is 3.08. The molecule has 0 heterocycles. The van der Waals surface area contributed by atoms with Crippen LogP contribution in [0.4, 0.5) is 18.9 Å². The molecule has 2 rings (SSSR count). The van der Waals surface area contributed by atoms with Crippen LogP contribution in [0.25, 0.3) is 0 Å². The number of nitrogens with one attached hydrogen (secondary N) is 1. The van der Waals surface area contributed by atoms with Crippen LogP contribution in [0.5, 0.6) is 0 Å². The quantitative estimate of drug-likeness (QED) is 0.818. The summed E-state index contributed by atoms with van der Waals surface area (Å²) in [5.41, 5.74) is 2.44. The second kappa shape index (κ2) is 6.20. The first-order valence-electron chi connectivity index (χ1n) is 6.90. The van der Waals surface area contributed by atoms with E-state index in [2.05, 4.69) is 12.2 Å². The Hall–Kier alpha value is -1.97. The van der Waals surface area contributed by atoms with Crippen molar-refractivity contribution < 1.29 is 13.2 Å². The maximum Gasteiger partial charge on any atom is 0.416 e. The highest BCUT2D eigenvalue weighted by atomic mass is 19.4. The van der Waals surface area contributed by atoms with Gasteiger partial charge in [0.25, 0.3) is 0 Å². The van der Waals surface area contributed by atoms with Crippen molar-refractivity contribution in [3.8, 4) is 0 Å². The molecule has 1 N–H and O–H groups in total. The van der Waals surface area contributed by atoms with Gasteiger partial charge < -0.3 is 5.32 Å². The van der Waals surface area contributed by atoms with Crippen molar-refractivity contribution in [1.82, 2.24) is 0 Å². The van der Waals surface area contributed by atoms with Crippen molar-refractivity contribution >= 4 is 5.69 Å². The largest absolute Gasteiger partial charge is 0.416 e. The molecule has 0 bridgehead atoms. The minimum atomic E-state index is -4.32. The first-order chi connectivity index (χ1) is 9.91. The number of aryl methyl sites for hydroxylation is 2. The summed E-state index contributed by atoms with van der Waals surface area (Å²) >= 11 is 0. The third kappa shape index (κ3) is 3.78. The summed E-state index contributed by atoms with van der Waals surface area (Å²) in [7, 11) is 0. The third-order valence-corrected chi connectivity index (χ3v) is 3.53. The summed E-state index contributed by atoms with van der Waals surface area (Å²) < 4.78 is 38.6. The molecule has 21 heavy (non-hydrogen) atoms. The van der Waals surface area contributed by atoms with Crippen LogP contribution in [0.3, 0.4) is 0 Å². The molecule has 4 heteroatoms. The topological polar surface area (TPSA) is 12.0 Å². The number of hydrogen-bond acceptors (Lipinski definition) is 1. The van der Waals surface area contributed by atoms with Gasteiger partial charge in [0, 0.05) is 12.2 Å². The van der Waals surface area contributed by atoms with Crippen LogP contribution in [-0.4, -0.2) is 0 Å². The number of halogens is 3. The molecule has 0 saturated carbocycles. The van der Waals surface area contributed by atoms with Gasteiger partial charge >= 0.3 is 6.18 Å². The molecule has 2 aromatic carbocycles. The predicted octanol–water partition coefficient (Wildman–Crippen LogP) is 5.19. The molecule has 0 amide bonds. The molecule has 0 aliphatic heterocycles. The first kappa shape index (κ1) is 15.4. The lowest BCUT2D eigenvalue weighted by atomic mass is 10.0. The Bertz CT molecular complexity index is 618. The average molecular weight is 293 g/mol. The zero-order valence-corrected chi connectivity index (χ0v) is 12.1. The van der Waals surface area contributed by atoms with Gasteiger partial charge in [-0.05, 0) is 42.2 Å². The number of anilines is 1. The van der Waals surface area contributed by atoms with Gasteiger partial charge in [0.1, 0.15) is 0 Å². The molecular formula is C17H18F3N. The van der Waals surface area contributed by atoms with Crippen LogP contribution in [0.2, 0.25) is 0 Å². The molecule has 2 aromatic rings. The Balaban J connectivity index is 2.17. The fraction of sp³-hybridized carbons (Fsp3) is 0.294. The van der Waals surface area contributed by atoms with Gasteiger partial charge in [-0.15, -0.1) is 0 Å². The maximum atomic E-state index is 12.9. The summed E-state index contributed by atoms with van der Waals surface area (Å²) in [6.07, 6.45) is -3.41. The van der Waals surface area contributed by atoms with Crippen molar-refractivity contribution in [1.29, 1.82) is 0 Å². The van der Waals surface area contributed by atoms with E-state index in [1.165, 1.54) is 24.6 Å². The second-order valence-electron chi connectivity index (χ2n) is 5.00. The second-order valence-corrected chi connectivity index (χ2v) is 5.00. The fourth-order valence-electron chi connectivity index (χ4n) is 2.31. The monoisotopic (exact) mass is 293 g/mol. The van der Waals surface area contributed by atoms with E-state index in [1.807, 2.05) is 24.3 Å². The lowest BCUT2D eigenvalue weighted by molar-refractivity contribution is -0.138. The molecule has 112 valence electrons. The maximum absolute atomic E-state index is 12.9. The van der Waals surface area contributed by atoms with Crippen molar-refractivity contribution in [2.75, 3.05) is 5.32 Å². The smallest absolute Gasteiger partial charge is 0.381 e. The van der Waals surface area contributed by atoms with Crippen molar-refractivity contribution in [2.24, 2.45) is 0 Å². The Labute approximate surface area is 122 Å². The highest BCUT2D eigenvalue weighted by Crippen LogP contribution is 2.33. The SMILES string of the molecule is CCc1ccccc1CNc1ccc(C)c(C(F)(F)F)c1. The number of hydrogen-bond donors (Lipinski definition) is 1. The van der Waals surface area contributed by atoms with E-state index in [1.54, 1.807) is 6.07 Å². The minimum absolute atomic E-state index is 0.238. The number of rotatable bonds is 4. The molecule has 0 fully saturated rings. The Morgan fingerprint density at radius 3 is 2.29 bits per heavy atom. The highest BCUT2D eigenvalue weighted by molar-refractivity contribution is 5.50. The molecular weight excluding hydrogens is 275 g/mol. The molecule has 0 atom stereocenters. The van der Waals surface area contributed by atoms with Crippen molar-refractivity contribution in [3.63, 3.8) is 0 Å². The van der Waals surface area contributed by atoms with E-state index in [4.69, 9.17) is 0 Å². The minimum Gasteiger partial charge on any atom is -0.381 e. The average Bonchev–Trinajstić information content (AvgIpc) is 2.45. The van der Waals surface area contributed by atoms with Gasteiger partial charge in [0.2, 0.25) is 0 Å². The zero-order chi connectivity index (χ0) is 15.5. The van der Waals surface area contributed by atoms with Crippen LogP contribution in [-0.2, 0) is 19.1 Å². The highest BCUT2D eigenvalue weighted by Gasteiger charge is 2.32. The van der Waals surface area contributed by atoms with Crippen LogP contribution < -0.4 is 5.32 Å². The van der Waals surface area contributed by atoms with Gasteiger partial charge in [-0.3, -0.25) is 0 Å². The molecule has 0 aromatic heterocycles. The summed E-state index contributed by atoms with van der Waals surface area (Å²) in [5.74, 6) is 0. The van der Waals surface area contributed by atoms with Crippen LogP contribution in [0.1, 0.15) is 29.2 Å². The molecule has 0 aliphatic carbocycles.